The number of methoxy groups -OCH3 is 1. The molecule has 168 valence electrons. The smallest absolute Gasteiger partial charge is 0.270 e. The largest absolute Gasteiger partial charge is 0.493 e. The van der Waals surface area contributed by atoms with Crippen LogP contribution in [0.25, 0.3) is 6.08 Å². The van der Waals surface area contributed by atoms with Gasteiger partial charge in [-0.05, 0) is 54.5 Å². The highest BCUT2D eigenvalue weighted by atomic mass is 35.5. The second-order valence-corrected chi connectivity index (χ2v) is 9.79. The van der Waals surface area contributed by atoms with Gasteiger partial charge < -0.3 is 9.47 Å². The highest BCUT2D eigenvalue weighted by molar-refractivity contribution is 8.27. The fourth-order valence-corrected chi connectivity index (χ4v) is 4.91. The second-order valence-electron chi connectivity index (χ2n) is 7.30. The van der Waals surface area contributed by atoms with Gasteiger partial charge in [0.2, 0.25) is 0 Å². The maximum atomic E-state index is 13.0. The summed E-state index contributed by atoms with van der Waals surface area (Å²) in [7, 11) is 1.59. The molecule has 1 fully saturated rings. The van der Waals surface area contributed by atoms with Crippen molar-refractivity contribution in [2.75, 3.05) is 12.0 Å². The zero-order chi connectivity index (χ0) is 23.5. The number of ether oxygens (including phenoxy) is 2. The standard InChI is InChI=1S/C25H19Cl2NO3S2/c1-15-4-3-5-17(10-15)14-31-21-9-6-16(11-22(21)30-2)12-23-24(29)28(25(32)33-23)18-7-8-19(26)20(27)13-18/h3-13H,14H2,1-2H3/b23-12+. The molecule has 0 aliphatic carbocycles. The van der Waals surface area contributed by atoms with E-state index in [1.807, 2.05) is 43.3 Å². The third-order valence-corrected chi connectivity index (χ3v) is 6.96. The molecule has 0 atom stereocenters. The van der Waals surface area contributed by atoms with Gasteiger partial charge >= 0.3 is 0 Å². The van der Waals surface area contributed by atoms with Crippen molar-refractivity contribution in [3.05, 3.63) is 92.3 Å². The third kappa shape index (κ3) is 5.36. The number of hydrogen-bond acceptors (Lipinski definition) is 5. The normalized spacial score (nSPS) is 14.8. The van der Waals surface area contributed by atoms with Crippen LogP contribution < -0.4 is 14.4 Å². The number of carbonyl (C=O) groups excluding carboxylic acids is 1. The fraction of sp³-hybridized carbons (Fsp3) is 0.120. The molecule has 0 aromatic heterocycles. The molecule has 3 aromatic rings. The van der Waals surface area contributed by atoms with E-state index in [1.165, 1.54) is 22.2 Å². The highest BCUT2D eigenvalue weighted by Crippen LogP contribution is 2.39. The van der Waals surface area contributed by atoms with Crippen molar-refractivity contribution in [2.45, 2.75) is 13.5 Å². The Kier molecular flexibility index (Phi) is 7.29. The Bertz CT molecular complexity index is 1280. The highest BCUT2D eigenvalue weighted by Gasteiger charge is 2.33. The van der Waals surface area contributed by atoms with Crippen molar-refractivity contribution in [3.8, 4) is 11.5 Å². The number of nitrogens with zero attached hydrogens (tertiary/aromatic N) is 1. The van der Waals surface area contributed by atoms with Gasteiger partial charge in [0, 0.05) is 0 Å². The zero-order valence-corrected chi connectivity index (χ0v) is 20.9. The van der Waals surface area contributed by atoms with Gasteiger partial charge in [-0.2, -0.15) is 0 Å². The first-order valence-corrected chi connectivity index (χ1v) is 11.9. The maximum Gasteiger partial charge on any atom is 0.270 e. The van der Waals surface area contributed by atoms with E-state index in [9.17, 15) is 4.79 Å². The lowest BCUT2D eigenvalue weighted by Gasteiger charge is -2.15. The minimum Gasteiger partial charge on any atom is -0.493 e. The lowest BCUT2D eigenvalue weighted by molar-refractivity contribution is -0.113. The number of anilines is 1. The Morgan fingerprint density at radius 3 is 2.58 bits per heavy atom. The van der Waals surface area contributed by atoms with Crippen LogP contribution in [-0.2, 0) is 11.4 Å². The van der Waals surface area contributed by atoms with Crippen LogP contribution in [0.15, 0.2) is 65.6 Å². The summed E-state index contributed by atoms with van der Waals surface area (Å²) < 4.78 is 11.9. The summed E-state index contributed by atoms with van der Waals surface area (Å²) in [5, 5.41) is 0.774. The van der Waals surface area contributed by atoms with Crippen LogP contribution >= 0.6 is 47.2 Å². The zero-order valence-electron chi connectivity index (χ0n) is 17.8. The number of rotatable bonds is 6. The monoisotopic (exact) mass is 515 g/mol. The van der Waals surface area contributed by atoms with Crippen LogP contribution in [0.2, 0.25) is 10.0 Å². The van der Waals surface area contributed by atoms with Gasteiger partial charge in [-0.1, -0.05) is 83.1 Å². The van der Waals surface area contributed by atoms with Gasteiger partial charge in [-0.25, -0.2) is 0 Å². The molecular weight excluding hydrogens is 497 g/mol. The first-order valence-electron chi connectivity index (χ1n) is 9.95. The summed E-state index contributed by atoms with van der Waals surface area (Å²) in [6.07, 6.45) is 1.78. The van der Waals surface area contributed by atoms with Gasteiger partial charge in [-0.3, -0.25) is 9.69 Å². The molecular formula is C25H19Cl2NO3S2. The summed E-state index contributed by atoms with van der Waals surface area (Å²) in [5.41, 5.74) is 3.63. The number of hydrogen-bond donors (Lipinski definition) is 0. The quantitative estimate of drug-likeness (QED) is 0.254. The second kappa shape index (κ2) is 10.2. The molecule has 1 saturated heterocycles. The van der Waals surface area contributed by atoms with Crippen LogP contribution in [0.5, 0.6) is 11.5 Å². The van der Waals surface area contributed by atoms with Crippen molar-refractivity contribution in [1.29, 1.82) is 0 Å². The van der Waals surface area contributed by atoms with Crippen LogP contribution in [-0.4, -0.2) is 17.3 Å². The predicted molar refractivity (Wildman–Crippen MR) is 141 cm³/mol. The minimum atomic E-state index is -0.220. The third-order valence-electron chi connectivity index (χ3n) is 4.92. The summed E-state index contributed by atoms with van der Waals surface area (Å²) >= 11 is 18.8. The molecule has 4 rings (SSSR count). The van der Waals surface area contributed by atoms with Gasteiger partial charge in [0.15, 0.2) is 15.8 Å². The molecule has 0 unspecified atom stereocenters. The fourth-order valence-electron chi connectivity index (χ4n) is 3.32. The van der Waals surface area contributed by atoms with Gasteiger partial charge in [-0.15, -0.1) is 0 Å². The van der Waals surface area contributed by atoms with E-state index in [2.05, 4.69) is 6.07 Å². The predicted octanol–water partition coefficient (Wildman–Crippen LogP) is 7.30. The van der Waals surface area contributed by atoms with E-state index in [-0.39, 0.29) is 5.91 Å². The summed E-state index contributed by atoms with van der Waals surface area (Å²) in [5.74, 6) is 0.984. The molecule has 0 saturated carbocycles. The molecule has 1 aliphatic rings. The van der Waals surface area contributed by atoms with Gasteiger partial charge in [0.05, 0.1) is 27.7 Å². The van der Waals surface area contributed by atoms with E-state index in [4.69, 9.17) is 44.9 Å². The molecule has 3 aromatic carbocycles. The van der Waals surface area contributed by atoms with Gasteiger partial charge in [0.1, 0.15) is 6.61 Å². The minimum absolute atomic E-state index is 0.220. The Hall–Kier alpha value is -2.51. The molecule has 0 spiro atoms. The number of thioether (sulfide) groups is 1. The first kappa shape index (κ1) is 23.6. The topological polar surface area (TPSA) is 38.8 Å². The number of amides is 1. The Balaban J connectivity index is 1.54. The summed E-state index contributed by atoms with van der Waals surface area (Å²) in [6.45, 7) is 2.47. The van der Waals surface area contributed by atoms with Crippen LogP contribution in [0.4, 0.5) is 5.69 Å². The molecule has 1 amide bonds. The molecule has 4 nitrogen and oxygen atoms in total. The van der Waals surface area contributed by atoms with Crippen LogP contribution in [0, 0.1) is 6.92 Å². The van der Waals surface area contributed by atoms with Crippen LogP contribution in [0.1, 0.15) is 16.7 Å². The number of carbonyl (C=O) groups is 1. The molecule has 0 N–H and O–H groups in total. The van der Waals surface area contributed by atoms with E-state index < -0.39 is 0 Å². The Morgan fingerprint density at radius 1 is 1.03 bits per heavy atom. The number of thiocarbonyl (C=S) groups is 1. The number of halogens is 2. The van der Waals surface area contributed by atoms with Gasteiger partial charge in [0.25, 0.3) is 5.91 Å². The van der Waals surface area contributed by atoms with E-state index >= 15 is 0 Å². The molecule has 1 heterocycles. The molecule has 33 heavy (non-hydrogen) atoms. The number of benzene rings is 3. The summed E-state index contributed by atoms with van der Waals surface area (Å²) in [4.78, 5) is 15.0. The average Bonchev–Trinajstić information content (AvgIpc) is 3.07. The van der Waals surface area contributed by atoms with Crippen LogP contribution in [0.3, 0.4) is 0 Å². The Labute approximate surface area is 212 Å². The molecule has 0 bridgehead atoms. The van der Waals surface area contributed by atoms with Crippen molar-refractivity contribution in [1.82, 2.24) is 0 Å². The lowest BCUT2D eigenvalue weighted by Crippen LogP contribution is -2.27. The van der Waals surface area contributed by atoms with E-state index in [1.54, 1.807) is 31.4 Å². The van der Waals surface area contributed by atoms with Crippen molar-refractivity contribution < 1.29 is 14.3 Å². The van der Waals surface area contributed by atoms with E-state index in [0.717, 1.165) is 11.1 Å². The number of aryl methyl sites for hydroxylation is 1. The molecule has 1 aliphatic heterocycles. The lowest BCUT2D eigenvalue weighted by atomic mass is 10.1. The summed E-state index contributed by atoms with van der Waals surface area (Å²) in [6, 6.07) is 18.7. The van der Waals surface area contributed by atoms with Crippen molar-refractivity contribution >= 4 is 69.2 Å². The Morgan fingerprint density at radius 2 is 1.85 bits per heavy atom. The van der Waals surface area contributed by atoms with E-state index in [0.29, 0.717) is 43.1 Å². The first-order chi connectivity index (χ1) is 15.9. The maximum absolute atomic E-state index is 13.0. The van der Waals surface area contributed by atoms with Crippen molar-refractivity contribution in [2.24, 2.45) is 0 Å². The SMILES string of the molecule is COc1cc(/C=C2/SC(=S)N(c3ccc(Cl)c(Cl)c3)C2=O)ccc1OCc1cccc(C)c1. The molecule has 0 radical (unpaired) electrons. The van der Waals surface area contributed by atoms with Crippen molar-refractivity contribution in [3.63, 3.8) is 0 Å². The average molecular weight is 516 g/mol. The molecule has 8 heteroatoms.